The molecular weight excluding hydrogens is 196 g/mol. The molecule has 1 aromatic rings. The van der Waals surface area contributed by atoms with Gasteiger partial charge in [-0.2, -0.15) is 5.10 Å². The Morgan fingerprint density at radius 1 is 1.67 bits per heavy atom. The van der Waals surface area contributed by atoms with Crippen LogP contribution in [0.15, 0.2) is 12.3 Å². The number of aromatic nitrogens is 2. The number of carbonyl (C=O) groups is 1. The van der Waals surface area contributed by atoms with Crippen molar-refractivity contribution in [3.63, 3.8) is 0 Å². The molecule has 1 aliphatic heterocycles. The lowest BCUT2D eigenvalue weighted by atomic mass is 10.1. The Hall–Kier alpha value is -1.36. The van der Waals surface area contributed by atoms with Crippen molar-refractivity contribution in [1.82, 2.24) is 9.78 Å². The summed E-state index contributed by atoms with van der Waals surface area (Å²) in [6, 6.07) is 1.51. The maximum Gasteiger partial charge on any atom is 0.356 e. The van der Waals surface area contributed by atoms with E-state index < -0.39 is 5.97 Å². The quantitative estimate of drug-likeness (QED) is 0.812. The van der Waals surface area contributed by atoms with Gasteiger partial charge >= 0.3 is 5.97 Å². The lowest BCUT2D eigenvalue weighted by Gasteiger charge is -2.22. The molecule has 0 aliphatic carbocycles. The lowest BCUT2D eigenvalue weighted by molar-refractivity contribution is 0.00387. The van der Waals surface area contributed by atoms with Gasteiger partial charge in [0.25, 0.3) is 0 Å². The minimum Gasteiger partial charge on any atom is -0.476 e. The second-order valence-electron chi connectivity index (χ2n) is 3.72. The lowest BCUT2D eigenvalue weighted by Crippen LogP contribution is -2.24. The van der Waals surface area contributed by atoms with E-state index in [1.54, 1.807) is 10.9 Å². The predicted octanol–water partition coefficient (Wildman–Crippen LogP) is 1.15. The van der Waals surface area contributed by atoms with Gasteiger partial charge in [0.2, 0.25) is 0 Å². The van der Waals surface area contributed by atoms with Crippen molar-refractivity contribution in [3.05, 3.63) is 18.0 Å². The molecule has 0 aromatic carbocycles. The van der Waals surface area contributed by atoms with Crippen LogP contribution in [0.25, 0.3) is 0 Å². The van der Waals surface area contributed by atoms with Crippen molar-refractivity contribution in [2.75, 3.05) is 6.61 Å². The van der Waals surface area contributed by atoms with E-state index in [4.69, 9.17) is 9.84 Å². The van der Waals surface area contributed by atoms with E-state index in [0.717, 1.165) is 19.4 Å². The molecule has 2 heterocycles. The fraction of sp³-hybridized carbons (Fsp3) is 0.600. The van der Waals surface area contributed by atoms with Crippen LogP contribution < -0.4 is 0 Å². The predicted molar refractivity (Wildman–Crippen MR) is 52.8 cm³/mol. The molecule has 5 heteroatoms. The first kappa shape index (κ1) is 10.2. The molecule has 5 nitrogen and oxygen atoms in total. The van der Waals surface area contributed by atoms with Gasteiger partial charge in [-0.05, 0) is 25.3 Å². The molecule has 1 N–H and O–H groups in total. The first-order valence-electron chi connectivity index (χ1n) is 5.14. The maximum atomic E-state index is 10.6. The van der Waals surface area contributed by atoms with Gasteiger partial charge in [-0.1, -0.05) is 0 Å². The van der Waals surface area contributed by atoms with Crippen molar-refractivity contribution < 1.29 is 14.6 Å². The smallest absolute Gasteiger partial charge is 0.356 e. The fourth-order valence-corrected chi connectivity index (χ4v) is 1.74. The summed E-state index contributed by atoms with van der Waals surface area (Å²) in [5.41, 5.74) is 0.0887. The molecule has 1 atom stereocenters. The maximum absolute atomic E-state index is 10.6. The zero-order valence-electron chi connectivity index (χ0n) is 8.43. The number of carboxylic acid groups (broad SMARTS) is 1. The van der Waals surface area contributed by atoms with E-state index in [0.29, 0.717) is 6.54 Å². The van der Waals surface area contributed by atoms with Crippen LogP contribution in [0.2, 0.25) is 0 Å². The van der Waals surface area contributed by atoms with Crippen molar-refractivity contribution in [2.24, 2.45) is 0 Å². The van der Waals surface area contributed by atoms with Gasteiger partial charge in [-0.3, -0.25) is 4.68 Å². The highest BCUT2D eigenvalue weighted by Gasteiger charge is 2.15. The zero-order valence-corrected chi connectivity index (χ0v) is 8.43. The first-order chi connectivity index (χ1) is 7.25. The number of nitrogens with zero attached hydrogens (tertiary/aromatic N) is 2. The van der Waals surface area contributed by atoms with Gasteiger partial charge in [-0.15, -0.1) is 0 Å². The Morgan fingerprint density at radius 3 is 3.13 bits per heavy atom. The van der Waals surface area contributed by atoms with Crippen LogP contribution in [0.4, 0.5) is 0 Å². The van der Waals surface area contributed by atoms with E-state index in [1.165, 1.54) is 12.5 Å². The Balaban J connectivity index is 1.94. The molecular formula is C10H14N2O3. The van der Waals surface area contributed by atoms with Gasteiger partial charge in [0, 0.05) is 12.8 Å². The molecule has 1 fully saturated rings. The fourth-order valence-electron chi connectivity index (χ4n) is 1.74. The standard InChI is InChI=1S/C10H14N2O3/c13-10(14)9-4-5-12(11-9)7-8-3-1-2-6-15-8/h4-5,8H,1-3,6-7H2,(H,13,14). The number of rotatable bonds is 3. The minimum atomic E-state index is -0.988. The third-order valence-corrected chi connectivity index (χ3v) is 2.52. The van der Waals surface area contributed by atoms with Crippen LogP contribution >= 0.6 is 0 Å². The van der Waals surface area contributed by atoms with E-state index in [1.807, 2.05) is 0 Å². The van der Waals surface area contributed by atoms with Gasteiger partial charge in [0.1, 0.15) is 0 Å². The number of aromatic carboxylic acids is 1. The Labute approximate surface area is 87.7 Å². The normalized spacial score (nSPS) is 21.5. The molecule has 1 unspecified atom stereocenters. The molecule has 15 heavy (non-hydrogen) atoms. The van der Waals surface area contributed by atoms with E-state index in [2.05, 4.69) is 5.10 Å². The summed E-state index contributed by atoms with van der Waals surface area (Å²) < 4.78 is 7.18. The Kier molecular flexibility index (Phi) is 3.01. The van der Waals surface area contributed by atoms with Gasteiger partial charge in [0.15, 0.2) is 5.69 Å². The second kappa shape index (κ2) is 4.44. The van der Waals surface area contributed by atoms with Gasteiger partial charge in [0.05, 0.1) is 12.6 Å². The van der Waals surface area contributed by atoms with E-state index in [-0.39, 0.29) is 11.8 Å². The molecule has 0 amide bonds. The van der Waals surface area contributed by atoms with Crippen LogP contribution in [-0.2, 0) is 11.3 Å². The van der Waals surface area contributed by atoms with Crippen LogP contribution in [-0.4, -0.2) is 33.6 Å². The summed E-state index contributed by atoms with van der Waals surface area (Å²) in [6.07, 6.45) is 5.19. The molecule has 82 valence electrons. The molecule has 1 aliphatic rings. The highest BCUT2D eigenvalue weighted by molar-refractivity contribution is 5.84. The summed E-state index contributed by atoms with van der Waals surface area (Å²) in [5.74, 6) is -0.988. The largest absolute Gasteiger partial charge is 0.476 e. The number of carboxylic acids is 1. The summed E-state index contributed by atoms with van der Waals surface area (Å²) in [4.78, 5) is 10.6. The topological polar surface area (TPSA) is 64.3 Å². The van der Waals surface area contributed by atoms with Crippen LogP contribution in [0.5, 0.6) is 0 Å². The van der Waals surface area contributed by atoms with Crippen LogP contribution in [0.3, 0.4) is 0 Å². The summed E-state index contributed by atoms with van der Waals surface area (Å²) in [7, 11) is 0. The SMILES string of the molecule is O=C(O)c1ccn(CC2CCCCO2)n1. The molecule has 1 aromatic heterocycles. The monoisotopic (exact) mass is 210 g/mol. The Morgan fingerprint density at radius 2 is 2.53 bits per heavy atom. The van der Waals surface area contributed by atoms with E-state index in [9.17, 15) is 4.79 Å². The van der Waals surface area contributed by atoms with Crippen molar-refractivity contribution >= 4 is 5.97 Å². The second-order valence-corrected chi connectivity index (χ2v) is 3.72. The van der Waals surface area contributed by atoms with E-state index >= 15 is 0 Å². The summed E-state index contributed by atoms with van der Waals surface area (Å²) in [5, 5.41) is 12.6. The van der Waals surface area contributed by atoms with Crippen molar-refractivity contribution in [3.8, 4) is 0 Å². The molecule has 0 bridgehead atoms. The third-order valence-electron chi connectivity index (χ3n) is 2.52. The minimum absolute atomic E-state index is 0.0887. The van der Waals surface area contributed by atoms with Crippen LogP contribution in [0.1, 0.15) is 29.8 Å². The summed E-state index contributed by atoms with van der Waals surface area (Å²) in [6.45, 7) is 1.45. The first-order valence-corrected chi connectivity index (χ1v) is 5.14. The summed E-state index contributed by atoms with van der Waals surface area (Å²) >= 11 is 0. The average molecular weight is 210 g/mol. The molecule has 2 rings (SSSR count). The number of hydrogen-bond acceptors (Lipinski definition) is 3. The third kappa shape index (κ3) is 2.56. The highest BCUT2D eigenvalue weighted by atomic mass is 16.5. The number of ether oxygens (including phenoxy) is 1. The van der Waals surface area contributed by atoms with Gasteiger partial charge in [-0.25, -0.2) is 4.79 Å². The average Bonchev–Trinajstić information content (AvgIpc) is 2.68. The number of hydrogen-bond donors (Lipinski definition) is 1. The highest BCUT2D eigenvalue weighted by Crippen LogP contribution is 2.14. The van der Waals surface area contributed by atoms with Crippen molar-refractivity contribution in [1.29, 1.82) is 0 Å². The van der Waals surface area contributed by atoms with Crippen molar-refractivity contribution in [2.45, 2.75) is 31.9 Å². The zero-order chi connectivity index (χ0) is 10.7. The molecule has 0 saturated carbocycles. The molecule has 1 saturated heterocycles. The van der Waals surface area contributed by atoms with Gasteiger partial charge < -0.3 is 9.84 Å². The van der Waals surface area contributed by atoms with Crippen LogP contribution in [0, 0.1) is 0 Å². The Bertz CT molecular complexity index is 342. The molecule has 0 radical (unpaired) electrons. The molecule has 0 spiro atoms.